The number of aliphatic hydroxyl groups excluding tert-OH is 1. The quantitative estimate of drug-likeness (QED) is 0.716. The van der Waals surface area contributed by atoms with Gasteiger partial charge in [-0.15, -0.1) is 0 Å². The van der Waals surface area contributed by atoms with Crippen LogP contribution in [0.1, 0.15) is 11.5 Å². The summed E-state index contributed by atoms with van der Waals surface area (Å²) in [6, 6.07) is 3.88. The highest BCUT2D eigenvalue weighted by Gasteiger charge is 2.08. The highest BCUT2D eigenvalue weighted by atomic mass is 16.3. The van der Waals surface area contributed by atoms with Gasteiger partial charge in [0.25, 0.3) is 0 Å². The van der Waals surface area contributed by atoms with Crippen LogP contribution >= 0.6 is 0 Å². The van der Waals surface area contributed by atoms with Crippen molar-refractivity contribution in [1.29, 1.82) is 0 Å². The van der Waals surface area contributed by atoms with Crippen molar-refractivity contribution in [2.24, 2.45) is 5.73 Å². The van der Waals surface area contributed by atoms with Crippen LogP contribution in [-0.2, 0) is 6.54 Å². The van der Waals surface area contributed by atoms with Crippen LogP contribution in [0.2, 0.25) is 0 Å². The van der Waals surface area contributed by atoms with E-state index >= 15 is 0 Å². The van der Waals surface area contributed by atoms with Gasteiger partial charge in [-0.05, 0) is 26.1 Å². The van der Waals surface area contributed by atoms with Gasteiger partial charge in [-0.2, -0.15) is 0 Å². The Morgan fingerprint density at radius 3 is 2.79 bits per heavy atom. The molecule has 1 aromatic heterocycles. The van der Waals surface area contributed by atoms with E-state index in [0.29, 0.717) is 19.6 Å². The van der Waals surface area contributed by atoms with E-state index in [9.17, 15) is 5.11 Å². The van der Waals surface area contributed by atoms with Gasteiger partial charge in [0.2, 0.25) is 0 Å². The van der Waals surface area contributed by atoms with Crippen molar-refractivity contribution >= 4 is 0 Å². The van der Waals surface area contributed by atoms with Crippen molar-refractivity contribution in [1.82, 2.24) is 4.90 Å². The number of nitrogens with zero attached hydrogens (tertiary/aromatic N) is 1. The number of hydrogen-bond donors (Lipinski definition) is 2. The van der Waals surface area contributed by atoms with Gasteiger partial charge < -0.3 is 15.3 Å². The molecular weight excluding hydrogens is 180 g/mol. The molecule has 1 atom stereocenters. The summed E-state index contributed by atoms with van der Waals surface area (Å²) < 4.78 is 5.41. The monoisotopic (exact) mass is 198 g/mol. The summed E-state index contributed by atoms with van der Waals surface area (Å²) >= 11 is 0. The first-order valence-electron chi connectivity index (χ1n) is 4.74. The van der Waals surface area contributed by atoms with Crippen LogP contribution in [0.3, 0.4) is 0 Å². The Hall–Kier alpha value is -0.840. The van der Waals surface area contributed by atoms with Crippen LogP contribution in [0.15, 0.2) is 16.5 Å². The van der Waals surface area contributed by atoms with Crippen molar-refractivity contribution in [3.63, 3.8) is 0 Å². The molecule has 0 aliphatic rings. The third-order valence-corrected chi connectivity index (χ3v) is 2.02. The van der Waals surface area contributed by atoms with Gasteiger partial charge in [-0.25, -0.2) is 0 Å². The molecule has 3 N–H and O–H groups in total. The van der Waals surface area contributed by atoms with Crippen molar-refractivity contribution in [2.75, 3.05) is 20.1 Å². The summed E-state index contributed by atoms with van der Waals surface area (Å²) in [7, 11) is 1.93. The zero-order valence-electron chi connectivity index (χ0n) is 8.73. The first kappa shape index (κ1) is 11.2. The molecule has 0 aromatic carbocycles. The molecule has 0 aliphatic heterocycles. The Bertz CT molecular complexity index is 273. The average Bonchev–Trinajstić information content (AvgIpc) is 2.50. The van der Waals surface area contributed by atoms with E-state index in [2.05, 4.69) is 0 Å². The number of likely N-dealkylation sites (N-methyl/N-ethyl adjacent to an activating group) is 1. The third kappa shape index (κ3) is 3.49. The van der Waals surface area contributed by atoms with Gasteiger partial charge >= 0.3 is 0 Å². The Morgan fingerprint density at radius 2 is 2.29 bits per heavy atom. The molecular formula is C10H18N2O2. The summed E-state index contributed by atoms with van der Waals surface area (Å²) in [5, 5.41) is 9.31. The molecule has 0 aliphatic carbocycles. The van der Waals surface area contributed by atoms with Crippen molar-refractivity contribution in [3.05, 3.63) is 23.7 Å². The number of nitrogens with two attached hydrogens (primary N) is 1. The van der Waals surface area contributed by atoms with Crippen LogP contribution in [0.25, 0.3) is 0 Å². The van der Waals surface area contributed by atoms with E-state index in [1.54, 1.807) is 0 Å². The number of aliphatic hydroxyl groups is 1. The van der Waals surface area contributed by atoms with Gasteiger partial charge in [0.15, 0.2) is 0 Å². The fraction of sp³-hybridized carbons (Fsp3) is 0.600. The van der Waals surface area contributed by atoms with E-state index in [1.165, 1.54) is 0 Å². The molecule has 4 heteroatoms. The van der Waals surface area contributed by atoms with Crippen LogP contribution in [-0.4, -0.2) is 36.2 Å². The smallest absolute Gasteiger partial charge is 0.118 e. The van der Waals surface area contributed by atoms with Crippen molar-refractivity contribution < 1.29 is 9.52 Å². The second kappa shape index (κ2) is 5.14. The van der Waals surface area contributed by atoms with Crippen LogP contribution < -0.4 is 5.73 Å². The molecule has 14 heavy (non-hydrogen) atoms. The molecule has 80 valence electrons. The largest absolute Gasteiger partial charge is 0.465 e. The third-order valence-electron chi connectivity index (χ3n) is 2.02. The fourth-order valence-corrected chi connectivity index (χ4v) is 1.33. The Balaban J connectivity index is 2.37. The fourth-order valence-electron chi connectivity index (χ4n) is 1.33. The molecule has 0 saturated carbocycles. The number of rotatable bonds is 5. The molecule has 1 unspecified atom stereocenters. The zero-order valence-corrected chi connectivity index (χ0v) is 8.73. The zero-order chi connectivity index (χ0) is 10.6. The molecule has 0 saturated heterocycles. The summed E-state index contributed by atoms with van der Waals surface area (Å²) in [6.45, 7) is 3.47. The molecule has 1 aromatic rings. The molecule has 4 nitrogen and oxygen atoms in total. The van der Waals surface area contributed by atoms with Gasteiger partial charge in [0.1, 0.15) is 11.5 Å². The number of furan rings is 1. The predicted molar refractivity (Wildman–Crippen MR) is 54.8 cm³/mol. The lowest BCUT2D eigenvalue weighted by atomic mass is 10.3. The summed E-state index contributed by atoms with van der Waals surface area (Å²) in [5.41, 5.74) is 5.32. The van der Waals surface area contributed by atoms with E-state index in [0.717, 1.165) is 11.5 Å². The minimum absolute atomic E-state index is 0.293. The molecule has 1 heterocycles. The standard InChI is InChI=1S/C10H18N2O2/c1-8-3-4-10(14-8)7-12(2)6-9(13)5-11/h3-4,9,13H,5-7,11H2,1-2H3. The molecule has 1 rings (SSSR count). The minimum atomic E-state index is -0.462. The van der Waals surface area contributed by atoms with Crippen LogP contribution in [0, 0.1) is 6.92 Å². The van der Waals surface area contributed by atoms with E-state index < -0.39 is 6.10 Å². The second-order valence-corrected chi connectivity index (χ2v) is 3.60. The Labute approximate surface area is 84.3 Å². The summed E-state index contributed by atoms with van der Waals surface area (Å²) in [4.78, 5) is 1.98. The highest BCUT2D eigenvalue weighted by Crippen LogP contribution is 2.08. The van der Waals surface area contributed by atoms with Crippen molar-refractivity contribution in [3.8, 4) is 0 Å². The van der Waals surface area contributed by atoms with Crippen molar-refractivity contribution in [2.45, 2.75) is 19.6 Å². The lowest BCUT2D eigenvalue weighted by Crippen LogP contribution is -2.33. The lowest BCUT2D eigenvalue weighted by molar-refractivity contribution is 0.125. The number of aryl methyl sites for hydroxylation is 1. The summed E-state index contributed by atoms with van der Waals surface area (Å²) in [5.74, 6) is 1.82. The van der Waals surface area contributed by atoms with Gasteiger partial charge in [-0.1, -0.05) is 0 Å². The van der Waals surface area contributed by atoms with Crippen LogP contribution in [0.5, 0.6) is 0 Å². The summed E-state index contributed by atoms with van der Waals surface area (Å²) in [6.07, 6.45) is -0.462. The molecule has 0 bridgehead atoms. The lowest BCUT2D eigenvalue weighted by Gasteiger charge is -2.18. The van der Waals surface area contributed by atoms with E-state index in [-0.39, 0.29) is 0 Å². The van der Waals surface area contributed by atoms with E-state index in [4.69, 9.17) is 10.2 Å². The normalized spacial score (nSPS) is 13.5. The van der Waals surface area contributed by atoms with Gasteiger partial charge in [0, 0.05) is 13.1 Å². The van der Waals surface area contributed by atoms with Gasteiger partial charge in [-0.3, -0.25) is 4.90 Å². The molecule has 0 fully saturated rings. The average molecular weight is 198 g/mol. The molecule has 0 amide bonds. The predicted octanol–water partition coefficient (Wildman–Crippen LogP) is 0.339. The maximum absolute atomic E-state index is 9.31. The maximum Gasteiger partial charge on any atom is 0.118 e. The van der Waals surface area contributed by atoms with Crippen LogP contribution in [0.4, 0.5) is 0 Å². The Morgan fingerprint density at radius 1 is 1.57 bits per heavy atom. The minimum Gasteiger partial charge on any atom is -0.465 e. The highest BCUT2D eigenvalue weighted by molar-refractivity contribution is 5.05. The Kier molecular flexibility index (Phi) is 4.13. The topological polar surface area (TPSA) is 62.6 Å². The molecule has 0 spiro atoms. The first-order chi connectivity index (χ1) is 6.61. The van der Waals surface area contributed by atoms with Gasteiger partial charge in [0.05, 0.1) is 12.6 Å². The molecule has 0 radical (unpaired) electrons. The number of hydrogen-bond acceptors (Lipinski definition) is 4. The van der Waals surface area contributed by atoms with E-state index in [1.807, 2.05) is 31.0 Å². The maximum atomic E-state index is 9.31. The first-order valence-corrected chi connectivity index (χ1v) is 4.74. The second-order valence-electron chi connectivity index (χ2n) is 3.60. The SMILES string of the molecule is Cc1ccc(CN(C)CC(O)CN)o1.